The summed E-state index contributed by atoms with van der Waals surface area (Å²) >= 11 is 5.87. The van der Waals surface area contributed by atoms with Crippen molar-refractivity contribution in [3.63, 3.8) is 0 Å². The minimum Gasteiger partial charge on any atom is -0.493 e. The standard InChI is InChI=1S/C17H17ClFN3O3/c1-11-9-13(18)4-5-14(11)25-8-2-3-16(23)21-22-17(24)12-6-7-20-15(19)10-12/h4-7,9-10H,2-3,8H2,1H3,(H,21,23)(H,22,24). The van der Waals surface area contributed by atoms with Crippen molar-refractivity contribution in [3.8, 4) is 5.75 Å². The molecule has 132 valence electrons. The molecule has 0 atom stereocenters. The van der Waals surface area contributed by atoms with Crippen molar-refractivity contribution in [1.29, 1.82) is 0 Å². The van der Waals surface area contributed by atoms with Crippen molar-refractivity contribution in [1.82, 2.24) is 15.8 Å². The Morgan fingerprint density at radius 2 is 2.04 bits per heavy atom. The number of hydrogen-bond donors (Lipinski definition) is 2. The highest BCUT2D eigenvalue weighted by molar-refractivity contribution is 6.30. The van der Waals surface area contributed by atoms with E-state index in [1.54, 1.807) is 18.2 Å². The van der Waals surface area contributed by atoms with Crippen LogP contribution in [0.2, 0.25) is 5.02 Å². The monoisotopic (exact) mass is 365 g/mol. The second-order valence-electron chi connectivity index (χ2n) is 5.23. The zero-order chi connectivity index (χ0) is 18.2. The van der Waals surface area contributed by atoms with Gasteiger partial charge in [-0.25, -0.2) is 4.98 Å². The van der Waals surface area contributed by atoms with E-state index in [9.17, 15) is 14.0 Å². The van der Waals surface area contributed by atoms with Crippen LogP contribution >= 0.6 is 11.6 Å². The molecular weight excluding hydrogens is 349 g/mol. The average Bonchev–Trinajstić information content (AvgIpc) is 2.58. The number of nitrogens with zero attached hydrogens (tertiary/aromatic N) is 1. The smallest absolute Gasteiger partial charge is 0.269 e. The number of carbonyl (C=O) groups excluding carboxylic acids is 2. The van der Waals surface area contributed by atoms with E-state index in [1.165, 1.54) is 12.3 Å². The highest BCUT2D eigenvalue weighted by atomic mass is 35.5. The highest BCUT2D eigenvalue weighted by Crippen LogP contribution is 2.21. The van der Waals surface area contributed by atoms with Gasteiger partial charge in [-0.15, -0.1) is 0 Å². The number of benzene rings is 1. The van der Waals surface area contributed by atoms with Crippen molar-refractivity contribution >= 4 is 23.4 Å². The van der Waals surface area contributed by atoms with E-state index in [0.717, 1.165) is 11.6 Å². The van der Waals surface area contributed by atoms with Crippen molar-refractivity contribution in [2.45, 2.75) is 19.8 Å². The lowest BCUT2D eigenvalue weighted by Crippen LogP contribution is -2.41. The van der Waals surface area contributed by atoms with Crippen molar-refractivity contribution < 1.29 is 18.7 Å². The molecule has 2 amide bonds. The topological polar surface area (TPSA) is 80.3 Å². The summed E-state index contributed by atoms with van der Waals surface area (Å²) in [4.78, 5) is 26.8. The Hall–Kier alpha value is -2.67. The molecule has 0 fully saturated rings. The van der Waals surface area contributed by atoms with Gasteiger partial charge in [0, 0.05) is 29.3 Å². The first kappa shape index (κ1) is 18.7. The number of hydrogen-bond acceptors (Lipinski definition) is 4. The highest BCUT2D eigenvalue weighted by Gasteiger charge is 2.08. The fourth-order valence-corrected chi connectivity index (χ4v) is 2.22. The van der Waals surface area contributed by atoms with E-state index >= 15 is 0 Å². The molecule has 0 bridgehead atoms. The number of aromatic nitrogens is 1. The summed E-state index contributed by atoms with van der Waals surface area (Å²) in [5.74, 6) is -1.06. The Morgan fingerprint density at radius 1 is 1.24 bits per heavy atom. The van der Waals surface area contributed by atoms with E-state index in [1.807, 2.05) is 6.92 Å². The molecule has 2 aromatic rings. The van der Waals surface area contributed by atoms with Crippen molar-refractivity contribution in [2.24, 2.45) is 0 Å². The molecule has 0 saturated heterocycles. The van der Waals surface area contributed by atoms with E-state index in [-0.39, 0.29) is 17.9 Å². The first-order chi connectivity index (χ1) is 12.0. The molecule has 25 heavy (non-hydrogen) atoms. The zero-order valence-corrected chi connectivity index (χ0v) is 14.3. The quantitative estimate of drug-likeness (QED) is 0.468. The Labute approximate surface area is 149 Å². The molecule has 0 unspecified atom stereocenters. The van der Waals surface area contributed by atoms with Gasteiger partial charge in [0.1, 0.15) is 5.75 Å². The number of amides is 2. The van der Waals surface area contributed by atoms with Crippen molar-refractivity contribution in [3.05, 3.63) is 58.6 Å². The summed E-state index contributed by atoms with van der Waals surface area (Å²) < 4.78 is 18.5. The lowest BCUT2D eigenvalue weighted by Gasteiger charge is -2.10. The van der Waals surface area contributed by atoms with Gasteiger partial charge in [-0.1, -0.05) is 11.6 Å². The van der Waals surface area contributed by atoms with Gasteiger partial charge in [0.25, 0.3) is 5.91 Å². The van der Waals surface area contributed by atoms with E-state index < -0.39 is 11.9 Å². The molecule has 0 saturated carbocycles. The minimum atomic E-state index is -0.770. The van der Waals surface area contributed by atoms with E-state index in [4.69, 9.17) is 16.3 Å². The molecule has 2 rings (SSSR count). The maximum Gasteiger partial charge on any atom is 0.269 e. The maximum absolute atomic E-state index is 12.9. The van der Waals surface area contributed by atoms with Crippen LogP contribution in [0.1, 0.15) is 28.8 Å². The summed E-state index contributed by atoms with van der Waals surface area (Å²) in [6, 6.07) is 7.61. The fraction of sp³-hybridized carbons (Fsp3) is 0.235. The molecule has 0 aliphatic rings. The van der Waals surface area contributed by atoms with E-state index in [2.05, 4.69) is 15.8 Å². The van der Waals surface area contributed by atoms with Gasteiger partial charge in [-0.2, -0.15) is 4.39 Å². The Kier molecular flexibility index (Phi) is 6.71. The molecule has 1 aromatic carbocycles. The Bertz CT molecular complexity index is 771. The summed E-state index contributed by atoms with van der Waals surface area (Å²) in [5, 5.41) is 0.633. The third kappa shape index (κ3) is 6.04. The lowest BCUT2D eigenvalue weighted by atomic mass is 10.2. The normalized spacial score (nSPS) is 10.2. The molecule has 2 N–H and O–H groups in total. The van der Waals surface area contributed by atoms with Crippen LogP contribution in [0.4, 0.5) is 4.39 Å². The minimum absolute atomic E-state index is 0.0642. The molecular formula is C17H17ClFN3O3. The van der Waals surface area contributed by atoms with Crippen LogP contribution in [0.3, 0.4) is 0 Å². The van der Waals surface area contributed by atoms with Crippen LogP contribution in [0.15, 0.2) is 36.5 Å². The predicted octanol–water partition coefficient (Wildman–Crippen LogP) is 2.80. The summed E-state index contributed by atoms with van der Waals surface area (Å²) in [6.45, 7) is 2.23. The molecule has 0 radical (unpaired) electrons. The molecule has 0 aliphatic carbocycles. The first-order valence-corrected chi connectivity index (χ1v) is 7.93. The molecule has 0 spiro atoms. The summed E-state index contributed by atoms with van der Waals surface area (Å²) in [5.41, 5.74) is 5.45. The molecule has 0 aliphatic heterocycles. The second-order valence-corrected chi connectivity index (χ2v) is 5.67. The Balaban J connectivity index is 1.68. The van der Waals surface area contributed by atoms with E-state index in [0.29, 0.717) is 23.8 Å². The molecule has 1 aromatic heterocycles. The molecule has 1 heterocycles. The fourth-order valence-electron chi connectivity index (χ4n) is 1.99. The first-order valence-electron chi connectivity index (χ1n) is 7.55. The third-order valence-corrected chi connectivity index (χ3v) is 3.48. The van der Waals surface area contributed by atoms with Crippen LogP contribution in [0.25, 0.3) is 0 Å². The summed E-state index contributed by atoms with van der Waals surface area (Å²) in [7, 11) is 0. The summed E-state index contributed by atoms with van der Waals surface area (Å²) in [6.07, 6.45) is 1.80. The van der Waals surface area contributed by atoms with Crippen molar-refractivity contribution in [2.75, 3.05) is 6.61 Å². The SMILES string of the molecule is Cc1cc(Cl)ccc1OCCCC(=O)NNC(=O)c1ccnc(F)c1. The maximum atomic E-state index is 12.9. The number of nitrogens with one attached hydrogen (secondary N) is 2. The van der Waals surface area contributed by atoms with Gasteiger partial charge in [0.05, 0.1) is 6.61 Å². The van der Waals surface area contributed by atoms with Crippen LogP contribution in [0, 0.1) is 12.9 Å². The van der Waals surface area contributed by atoms with Crippen LogP contribution < -0.4 is 15.6 Å². The number of carbonyl (C=O) groups is 2. The molecule has 8 heteroatoms. The van der Waals surface area contributed by atoms with Gasteiger partial charge in [0.15, 0.2) is 0 Å². The number of ether oxygens (including phenoxy) is 1. The van der Waals surface area contributed by atoms with Gasteiger partial charge in [-0.05, 0) is 43.2 Å². The number of hydrazine groups is 1. The Morgan fingerprint density at radius 3 is 2.76 bits per heavy atom. The third-order valence-electron chi connectivity index (χ3n) is 3.25. The predicted molar refractivity (Wildman–Crippen MR) is 90.7 cm³/mol. The largest absolute Gasteiger partial charge is 0.493 e. The van der Waals surface area contributed by atoms with Gasteiger partial charge < -0.3 is 4.74 Å². The van der Waals surface area contributed by atoms with Gasteiger partial charge in [-0.3, -0.25) is 20.4 Å². The van der Waals surface area contributed by atoms with Gasteiger partial charge in [0.2, 0.25) is 11.9 Å². The second kappa shape index (κ2) is 8.98. The number of rotatable bonds is 6. The number of pyridine rings is 1. The van der Waals surface area contributed by atoms with Gasteiger partial charge >= 0.3 is 0 Å². The van der Waals surface area contributed by atoms with Crippen LogP contribution in [-0.4, -0.2) is 23.4 Å². The zero-order valence-electron chi connectivity index (χ0n) is 13.5. The average molecular weight is 366 g/mol. The van der Waals surface area contributed by atoms with Crippen LogP contribution in [-0.2, 0) is 4.79 Å². The number of aryl methyl sites for hydroxylation is 1. The molecule has 6 nitrogen and oxygen atoms in total. The number of halogens is 2. The lowest BCUT2D eigenvalue weighted by molar-refractivity contribution is -0.122. The van der Waals surface area contributed by atoms with Crippen LogP contribution in [0.5, 0.6) is 5.75 Å².